The fourth-order valence-electron chi connectivity index (χ4n) is 1.82. The quantitative estimate of drug-likeness (QED) is 0.280. The zero-order valence-electron chi connectivity index (χ0n) is 13.2. The van der Waals surface area contributed by atoms with Crippen molar-refractivity contribution in [3.63, 3.8) is 0 Å². The van der Waals surface area contributed by atoms with Gasteiger partial charge in [-0.1, -0.05) is 5.22 Å². The zero-order valence-corrected chi connectivity index (χ0v) is 14.8. The van der Waals surface area contributed by atoms with E-state index in [0.29, 0.717) is 5.56 Å². The van der Waals surface area contributed by atoms with E-state index in [1.807, 2.05) is 30.5 Å². The van der Waals surface area contributed by atoms with E-state index < -0.39 is 10.0 Å². The molecule has 0 aliphatic carbocycles. The summed E-state index contributed by atoms with van der Waals surface area (Å²) in [5.74, 6) is -0.0800. The molecule has 0 unspecified atom stereocenters. The Morgan fingerprint density at radius 2 is 1.71 bits per heavy atom. The summed E-state index contributed by atoms with van der Waals surface area (Å²) in [7, 11) is -2.02. The van der Waals surface area contributed by atoms with Crippen LogP contribution < -0.4 is 10.1 Å². The number of nitrogens with two attached hydrogens (primary N) is 1. The van der Waals surface area contributed by atoms with Crippen LogP contribution in [0.4, 0.5) is 5.69 Å². The van der Waals surface area contributed by atoms with Gasteiger partial charge >= 0.3 is 0 Å². The Kier molecular flexibility index (Phi) is 5.71. The second kappa shape index (κ2) is 7.56. The summed E-state index contributed by atoms with van der Waals surface area (Å²) in [6, 6.07) is 13.4. The van der Waals surface area contributed by atoms with Crippen molar-refractivity contribution < 1.29 is 8.42 Å². The number of hydrogen-bond acceptors (Lipinski definition) is 5. The standard InChI is InChI=1S/C15H17N5O2S2/c1-20(12-5-7-13(23-2)8-6-12)19-18-15(16)11-3-9-14(10-4-11)24(17,21)22/h3-10,16H,1-2H3,(H2,17,21,22)/b16-15?,19-18-. The molecule has 0 aliphatic heterocycles. The molecule has 0 amide bonds. The summed E-state index contributed by atoms with van der Waals surface area (Å²) >= 11 is 1.65. The fraction of sp³-hybridized carbons (Fsp3) is 0.133. The predicted molar refractivity (Wildman–Crippen MR) is 96.1 cm³/mol. The summed E-state index contributed by atoms with van der Waals surface area (Å²) in [6.07, 6.45) is 2.00. The number of anilines is 1. The van der Waals surface area contributed by atoms with E-state index in [1.54, 1.807) is 23.8 Å². The second-order valence-electron chi connectivity index (χ2n) is 4.83. The number of nitrogens with zero attached hydrogens (tertiary/aromatic N) is 3. The Morgan fingerprint density at radius 1 is 1.12 bits per heavy atom. The van der Waals surface area contributed by atoms with Crippen molar-refractivity contribution >= 4 is 33.3 Å². The average Bonchev–Trinajstić information content (AvgIpc) is 2.58. The van der Waals surface area contributed by atoms with Crippen molar-refractivity contribution in [2.75, 3.05) is 18.3 Å². The molecule has 0 atom stereocenters. The molecule has 3 N–H and O–H groups in total. The molecule has 7 nitrogen and oxygen atoms in total. The number of hydrogen-bond donors (Lipinski definition) is 2. The minimum absolute atomic E-state index is 0.0120. The number of thioether (sulfide) groups is 1. The Balaban J connectivity index is 2.08. The minimum Gasteiger partial charge on any atom is -0.281 e. The lowest BCUT2D eigenvalue weighted by Crippen LogP contribution is -2.12. The summed E-state index contributed by atoms with van der Waals surface area (Å²) in [5, 5.41) is 22.3. The van der Waals surface area contributed by atoms with Gasteiger partial charge in [-0.15, -0.1) is 16.9 Å². The molecule has 0 bridgehead atoms. The molecule has 2 aromatic rings. The first-order valence-electron chi connectivity index (χ1n) is 6.82. The average molecular weight is 363 g/mol. The van der Waals surface area contributed by atoms with Gasteiger partial charge in [-0.25, -0.2) is 18.6 Å². The monoisotopic (exact) mass is 363 g/mol. The maximum atomic E-state index is 11.2. The molecule has 0 spiro atoms. The molecular formula is C15H17N5O2S2. The maximum absolute atomic E-state index is 11.2. The SMILES string of the molecule is CSc1ccc(N(C)/N=N\C(=N)c2ccc(S(N)(=O)=O)cc2)cc1. The lowest BCUT2D eigenvalue weighted by atomic mass is 10.2. The first kappa shape index (κ1) is 18.1. The highest BCUT2D eigenvalue weighted by atomic mass is 32.2. The van der Waals surface area contributed by atoms with E-state index >= 15 is 0 Å². The molecule has 0 radical (unpaired) electrons. The van der Waals surface area contributed by atoms with Crippen molar-refractivity contribution in [3.8, 4) is 0 Å². The highest BCUT2D eigenvalue weighted by Crippen LogP contribution is 2.20. The lowest BCUT2D eigenvalue weighted by molar-refractivity contribution is 0.598. The van der Waals surface area contributed by atoms with E-state index in [4.69, 9.17) is 10.5 Å². The first-order chi connectivity index (χ1) is 11.3. The zero-order chi connectivity index (χ0) is 17.7. The normalized spacial score (nSPS) is 11.6. The van der Waals surface area contributed by atoms with E-state index in [9.17, 15) is 8.42 Å². The predicted octanol–water partition coefficient (Wildman–Crippen LogP) is 2.88. The molecule has 0 fully saturated rings. The van der Waals surface area contributed by atoms with Crippen molar-refractivity contribution in [1.82, 2.24) is 0 Å². The highest BCUT2D eigenvalue weighted by Gasteiger charge is 2.08. The van der Waals surface area contributed by atoms with Gasteiger partial charge in [0.2, 0.25) is 10.0 Å². The number of sulfonamides is 1. The highest BCUT2D eigenvalue weighted by molar-refractivity contribution is 7.98. The molecule has 2 rings (SSSR count). The third kappa shape index (κ3) is 4.63. The van der Waals surface area contributed by atoms with Gasteiger partial charge in [0.15, 0.2) is 5.84 Å². The Hall–Kier alpha value is -2.23. The number of amidine groups is 1. The fourth-order valence-corrected chi connectivity index (χ4v) is 2.75. The summed E-state index contributed by atoms with van der Waals surface area (Å²) < 4.78 is 22.4. The molecule has 9 heteroatoms. The summed E-state index contributed by atoms with van der Waals surface area (Å²) in [4.78, 5) is 1.13. The van der Waals surface area contributed by atoms with Crippen molar-refractivity contribution in [3.05, 3.63) is 54.1 Å². The van der Waals surface area contributed by atoms with Gasteiger partial charge in [0.25, 0.3) is 0 Å². The molecule has 0 saturated heterocycles. The van der Waals surface area contributed by atoms with Gasteiger partial charge in [-0.05, 0) is 54.8 Å². The minimum atomic E-state index is -3.75. The Bertz CT molecular complexity index is 846. The van der Waals surface area contributed by atoms with Crippen LogP contribution in [-0.4, -0.2) is 27.6 Å². The molecule has 2 aromatic carbocycles. The van der Waals surface area contributed by atoms with Crippen LogP contribution in [0.2, 0.25) is 0 Å². The van der Waals surface area contributed by atoms with Gasteiger partial charge in [-0.2, -0.15) is 0 Å². The Morgan fingerprint density at radius 3 is 2.21 bits per heavy atom. The van der Waals surface area contributed by atoms with Crippen molar-refractivity contribution in [2.24, 2.45) is 15.5 Å². The number of primary sulfonamides is 1. The third-order valence-corrected chi connectivity index (χ3v) is 4.85. The number of nitrogens with one attached hydrogen (secondary N) is 1. The van der Waals surface area contributed by atoms with Crippen molar-refractivity contribution in [1.29, 1.82) is 5.41 Å². The van der Waals surface area contributed by atoms with E-state index in [1.165, 1.54) is 24.3 Å². The topological polar surface area (TPSA) is 112 Å². The molecule has 0 aliphatic rings. The molecule has 126 valence electrons. The molecule has 0 aromatic heterocycles. The van der Waals surface area contributed by atoms with Gasteiger partial charge < -0.3 is 0 Å². The van der Waals surface area contributed by atoms with Crippen LogP contribution in [0.3, 0.4) is 0 Å². The van der Waals surface area contributed by atoms with E-state index in [2.05, 4.69) is 10.3 Å². The van der Waals surface area contributed by atoms with Crippen LogP contribution in [0, 0.1) is 5.41 Å². The molecule has 0 saturated carbocycles. The van der Waals surface area contributed by atoms with E-state index in [-0.39, 0.29) is 10.7 Å². The van der Waals surface area contributed by atoms with Gasteiger partial charge in [0.1, 0.15) is 0 Å². The van der Waals surface area contributed by atoms with Gasteiger partial charge in [-0.3, -0.25) is 5.41 Å². The number of rotatable bonds is 5. The van der Waals surface area contributed by atoms with Crippen LogP contribution in [0.1, 0.15) is 5.56 Å². The molecule has 24 heavy (non-hydrogen) atoms. The van der Waals surface area contributed by atoms with Crippen LogP contribution >= 0.6 is 11.8 Å². The van der Waals surface area contributed by atoms with Crippen LogP contribution in [0.15, 0.2) is 68.7 Å². The van der Waals surface area contributed by atoms with Crippen LogP contribution in [0.5, 0.6) is 0 Å². The van der Waals surface area contributed by atoms with Crippen molar-refractivity contribution in [2.45, 2.75) is 9.79 Å². The molecular weight excluding hydrogens is 346 g/mol. The smallest absolute Gasteiger partial charge is 0.238 e. The second-order valence-corrected chi connectivity index (χ2v) is 7.27. The van der Waals surface area contributed by atoms with Gasteiger partial charge in [0, 0.05) is 17.5 Å². The Labute approximate surface area is 145 Å². The molecule has 0 heterocycles. The maximum Gasteiger partial charge on any atom is 0.238 e. The largest absolute Gasteiger partial charge is 0.281 e. The summed E-state index contributed by atoms with van der Waals surface area (Å²) in [6.45, 7) is 0. The first-order valence-corrected chi connectivity index (χ1v) is 9.59. The van der Waals surface area contributed by atoms with Crippen LogP contribution in [0.25, 0.3) is 0 Å². The third-order valence-electron chi connectivity index (χ3n) is 3.18. The number of benzene rings is 2. The summed E-state index contributed by atoms with van der Waals surface area (Å²) in [5.41, 5.74) is 1.28. The lowest BCUT2D eigenvalue weighted by Gasteiger charge is -2.11. The van der Waals surface area contributed by atoms with E-state index in [0.717, 1.165) is 10.6 Å². The van der Waals surface area contributed by atoms with Crippen LogP contribution in [-0.2, 0) is 10.0 Å². The van der Waals surface area contributed by atoms with Gasteiger partial charge in [0.05, 0.1) is 10.6 Å².